The van der Waals surface area contributed by atoms with Gasteiger partial charge >= 0.3 is 0 Å². The summed E-state index contributed by atoms with van der Waals surface area (Å²) < 4.78 is 5.45. The smallest absolute Gasteiger partial charge is 0.178 e. The van der Waals surface area contributed by atoms with Crippen LogP contribution in [0, 0.1) is 0 Å². The van der Waals surface area contributed by atoms with Crippen molar-refractivity contribution in [3.8, 4) is 17.2 Å². The molecule has 0 aromatic heterocycles. The van der Waals surface area contributed by atoms with E-state index in [1.807, 2.05) is 0 Å². The molecule has 2 rings (SSSR count). The van der Waals surface area contributed by atoms with E-state index < -0.39 is 0 Å². The van der Waals surface area contributed by atoms with E-state index in [0.29, 0.717) is 10.8 Å². The third kappa shape index (κ3) is 2.60. The van der Waals surface area contributed by atoms with E-state index in [1.165, 1.54) is 12.1 Å². The van der Waals surface area contributed by atoms with Crippen molar-refractivity contribution in [3.05, 3.63) is 51.5 Å². The first-order valence-electron chi connectivity index (χ1n) is 4.69. The van der Waals surface area contributed by atoms with Gasteiger partial charge in [-0.25, -0.2) is 0 Å². The van der Waals surface area contributed by atoms with Crippen molar-refractivity contribution in [2.75, 3.05) is 0 Å². The van der Waals surface area contributed by atoms with E-state index in [0.717, 1.165) is 0 Å². The Morgan fingerprint density at radius 2 is 1.53 bits per heavy atom. The van der Waals surface area contributed by atoms with Crippen LogP contribution in [0.25, 0.3) is 0 Å². The molecule has 2 nitrogen and oxygen atoms in total. The number of halogens is 3. The molecular formula is C12H7Cl3O2. The number of aromatic hydroxyl groups is 1. The van der Waals surface area contributed by atoms with E-state index in [2.05, 4.69) is 0 Å². The van der Waals surface area contributed by atoms with E-state index in [1.54, 1.807) is 24.3 Å². The zero-order valence-electron chi connectivity index (χ0n) is 8.45. The van der Waals surface area contributed by atoms with Gasteiger partial charge in [0, 0.05) is 0 Å². The molecule has 0 aliphatic heterocycles. The van der Waals surface area contributed by atoms with Gasteiger partial charge in [-0.15, -0.1) is 0 Å². The largest absolute Gasteiger partial charge is 0.503 e. The quantitative estimate of drug-likeness (QED) is 0.829. The van der Waals surface area contributed by atoms with E-state index in [-0.39, 0.29) is 21.5 Å². The Labute approximate surface area is 113 Å². The molecule has 0 bridgehead atoms. The van der Waals surface area contributed by atoms with Crippen LogP contribution in [-0.4, -0.2) is 5.11 Å². The lowest BCUT2D eigenvalue weighted by Crippen LogP contribution is -1.86. The zero-order valence-corrected chi connectivity index (χ0v) is 10.7. The topological polar surface area (TPSA) is 29.5 Å². The highest BCUT2D eigenvalue weighted by molar-refractivity contribution is 6.43. The van der Waals surface area contributed by atoms with Crippen molar-refractivity contribution in [1.29, 1.82) is 0 Å². The fourth-order valence-electron chi connectivity index (χ4n) is 1.25. The molecule has 0 heterocycles. The highest BCUT2D eigenvalue weighted by Gasteiger charge is 2.12. The Kier molecular flexibility index (Phi) is 3.67. The predicted molar refractivity (Wildman–Crippen MR) is 69.7 cm³/mol. The Hall–Kier alpha value is -1.09. The molecule has 0 aliphatic carbocycles. The summed E-state index contributed by atoms with van der Waals surface area (Å²) in [7, 11) is 0. The van der Waals surface area contributed by atoms with Gasteiger partial charge in [-0.05, 0) is 24.3 Å². The molecule has 2 aromatic carbocycles. The van der Waals surface area contributed by atoms with Gasteiger partial charge in [-0.2, -0.15) is 0 Å². The fourth-order valence-corrected chi connectivity index (χ4v) is 1.73. The van der Waals surface area contributed by atoms with Crippen LogP contribution < -0.4 is 4.74 Å². The van der Waals surface area contributed by atoms with E-state index >= 15 is 0 Å². The molecule has 0 amide bonds. The monoisotopic (exact) mass is 288 g/mol. The molecule has 88 valence electrons. The molecule has 0 unspecified atom stereocenters. The summed E-state index contributed by atoms with van der Waals surface area (Å²) in [5.74, 6) is 0.425. The average molecular weight is 290 g/mol. The Morgan fingerprint density at radius 1 is 0.824 bits per heavy atom. The number of para-hydroxylation sites is 1. The Morgan fingerprint density at radius 3 is 2.24 bits per heavy atom. The molecule has 0 spiro atoms. The molecule has 0 fully saturated rings. The lowest BCUT2D eigenvalue weighted by Gasteiger charge is -2.10. The van der Waals surface area contributed by atoms with Gasteiger partial charge in [0.15, 0.2) is 11.5 Å². The maximum Gasteiger partial charge on any atom is 0.178 e. The lowest BCUT2D eigenvalue weighted by atomic mass is 10.3. The second-order valence-corrected chi connectivity index (χ2v) is 4.43. The minimum atomic E-state index is -0.209. The van der Waals surface area contributed by atoms with E-state index in [4.69, 9.17) is 39.5 Å². The minimum Gasteiger partial charge on any atom is -0.503 e. The summed E-state index contributed by atoms with van der Waals surface area (Å²) in [5, 5.41) is 10.5. The maximum atomic E-state index is 9.75. The molecule has 0 atom stereocenters. The van der Waals surface area contributed by atoms with Gasteiger partial charge < -0.3 is 9.84 Å². The predicted octanol–water partition coefficient (Wildman–Crippen LogP) is 5.14. The number of hydrogen-bond donors (Lipinski definition) is 1. The average Bonchev–Trinajstić information content (AvgIpc) is 2.32. The Balaban J connectivity index is 2.38. The van der Waals surface area contributed by atoms with Crippen LogP contribution in [0.3, 0.4) is 0 Å². The van der Waals surface area contributed by atoms with Crippen LogP contribution in [0.15, 0.2) is 36.4 Å². The summed E-state index contributed by atoms with van der Waals surface area (Å²) in [6, 6.07) is 9.98. The number of phenolic OH excluding ortho intramolecular Hbond substituents is 1. The second kappa shape index (κ2) is 5.05. The first-order chi connectivity index (χ1) is 8.09. The molecule has 5 heteroatoms. The minimum absolute atomic E-state index is 0.0521. The summed E-state index contributed by atoms with van der Waals surface area (Å²) in [6.07, 6.45) is 0. The number of ether oxygens (including phenoxy) is 1. The SMILES string of the molecule is Oc1c(Oc2ccccc2Cl)ccc(Cl)c1Cl. The van der Waals surface area contributed by atoms with Crippen molar-refractivity contribution >= 4 is 34.8 Å². The Bertz CT molecular complexity index is 555. The van der Waals surface area contributed by atoms with Crippen LogP contribution in [0.5, 0.6) is 17.2 Å². The fraction of sp³-hybridized carbons (Fsp3) is 0. The van der Waals surface area contributed by atoms with Crippen LogP contribution in [0.1, 0.15) is 0 Å². The first-order valence-corrected chi connectivity index (χ1v) is 5.82. The number of phenols is 1. The summed E-state index contributed by atoms with van der Waals surface area (Å²) in [6.45, 7) is 0. The van der Waals surface area contributed by atoms with E-state index in [9.17, 15) is 5.11 Å². The standard InChI is InChI=1S/C12H7Cl3O2/c13-7-3-1-2-4-9(7)17-10-6-5-8(14)11(15)12(10)16/h1-6,16H. The van der Waals surface area contributed by atoms with Gasteiger partial charge in [0.25, 0.3) is 0 Å². The van der Waals surface area contributed by atoms with Crippen LogP contribution in [0.4, 0.5) is 0 Å². The summed E-state index contributed by atoms with van der Waals surface area (Å²) in [4.78, 5) is 0. The molecule has 17 heavy (non-hydrogen) atoms. The summed E-state index contributed by atoms with van der Waals surface area (Å²) in [5.41, 5.74) is 0. The van der Waals surface area contributed by atoms with Gasteiger partial charge in [0.05, 0.1) is 10.0 Å². The number of hydrogen-bond acceptors (Lipinski definition) is 2. The molecule has 1 N–H and O–H groups in total. The molecule has 0 saturated heterocycles. The van der Waals surface area contributed by atoms with Gasteiger partial charge in [-0.1, -0.05) is 46.9 Å². The van der Waals surface area contributed by atoms with Crippen molar-refractivity contribution in [2.24, 2.45) is 0 Å². The van der Waals surface area contributed by atoms with Crippen molar-refractivity contribution in [2.45, 2.75) is 0 Å². The molecular weight excluding hydrogens is 282 g/mol. The third-order valence-electron chi connectivity index (χ3n) is 2.09. The van der Waals surface area contributed by atoms with Gasteiger partial charge in [0.2, 0.25) is 0 Å². The normalized spacial score (nSPS) is 10.3. The van der Waals surface area contributed by atoms with Crippen molar-refractivity contribution in [1.82, 2.24) is 0 Å². The van der Waals surface area contributed by atoms with Crippen molar-refractivity contribution in [3.63, 3.8) is 0 Å². The third-order valence-corrected chi connectivity index (χ3v) is 3.20. The molecule has 2 aromatic rings. The van der Waals surface area contributed by atoms with Crippen LogP contribution in [0.2, 0.25) is 15.1 Å². The maximum absolute atomic E-state index is 9.75. The van der Waals surface area contributed by atoms with Gasteiger partial charge in [-0.3, -0.25) is 0 Å². The highest BCUT2D eigenvalue weighted by atomic mass is 35.5. The molecule has 0 aliphatic rings. The van der Waals surface area contributed by atoms with Gasteiger partial charge in [0.1, 0.15) is 10.8 Å². The zero-order chi connectivity index (χ0) is 12.4. The number of rotatable bonds is 2. The molecule has 0 radical (unpaired) electrons. The first kappa shape index (κ1) is 12.4. The second-order valence-electron chi connectivity index (χ2n) is 3.24. The van der Waals surface area contributed by atoms with Crippen molar-refractivity contribution < 1.29 is 9.84 Å². The number of benzene rings is 2. The highest BCUT2D eigenvalue weighted by Crippen LogP contribution is 2.41. The molecule has 0 saturated carbocycles. The van der Waals surface area contributed by atoms with Crippen LogP contribution >= 0.6 is 34.8 Å². The van der Waals surface area contributed by atoms with Crippen LogP contribution in [-0.2, 0) is 0 Å². The summed E-state index contributed by atoms with van der Waals surface area (Å²) >= 11 is 17.5. The lowest BCUT2D eigenvalue weighted by molar-refractivity contribution is 0.411.